The fraction of sp³-hybridized carbons (Fsp3) is 0.391. The standard InChI is InChI=1S/C23H30N2O2/c1-6-17(2)20(18-13-9-7-10-14-18)22(27)25(23(3,4)5)24-21(26)19-15-11-8-12-16-19/h7-17,20H,6H2,1-5H3,(H,24,26). The Kier molecular flexibility index (Phi) is 6.78. The lowest BCUT2D eigenvalue weighted by atomic mass is 9.84. The van der Waals surface area contributed by atoms with Crippen LogP contribution in [0.25, 0.3) is 0 Å². The van der Waals surface area contributed by atoms with Crippen molar-refractivity contribution >= 4 is 11.8 Å². The average Bonchev–Trinajstić information content (AvgIpc) is 2.66. The molecule has 27 heavy (non-hydrogen) atoms. The van der Waals surface area contributed by atoms with Gasteiger partial charge in [0, 0.05) is 5.56 Å². The molecule has 0 fully saturated rings. The van der Waals surface area contributed by atoms with Gasteiger partial charge < -0.3 is 0 Å². The molecule has 0 heterocycles. The first-order chi connectivity index (χ1) is 12.8. The number of carbonyl (C=O) groups excluding carboxylic acids is 2. The second kappa shape index (κ2) is 8.85. The molecule has 0 bridgehead atoms. The number of amides is 2. The molecule has 4 nitrogen and oxygen atoms in total. The molecule has 0 radical (unpaired) electrons. The largest absolute Gasteiger partial charge is 0.272 e. The molecule has 0 aliphatic heterocycles. The first-order valence-electron chi connectivity index (χ1n) is 9.50. The Morgan fingerprint density at radius 2 is 1.48 bits per heavy atom. The maximum atomic E-state index is 13.6. The Labute approximate surface area is 162 Å². The third kappa shape index (κ3) is 5.19. The molecule has 2 unspecified atom stereocenters. The van der Waals surface area contributed by atoms with Crippen LogP contribution in [-0.2, 0) is 4.79 Å². The number of benzene rings is 2. The summed E-state index contributed by atoms with van der Waals surface area (Å²) in [5, 5.41) is 1.49. The van der Waals surface area contributed by atoms with Gasteiger partial charge in [0.1, 0.15) is 0 Å². The van der Waals surface area contributed by atoms with Crippen molar-refractivity contribution < 1.29 is 9.59 Å². The van der Waals surface area contributed by atoms with Crippen LogP contribution in [0.3, 0.4) is 0 Å². The molecule has 4 heteroatoms. The van der Waals surface area contributed by atoms with E-state index in [1.165, 1.54) is 5.01 Å². The highest BCUT2D eigenvalue weighted by Crippen LogP contribution is 2.30. The highest BCUT2D eigenvalue weighted by atomic mass is 16.2. The Morgan fingerprint density at radius 1 is 0.963 bits per heavy atom. The minimum Gasteiger partial charge on any atom is -0.272 e. The molecule has 0 aromatic heterocycles. The minimum atomic E-state index is -0.554. The maximum absolute atomic E-state index is 13.6. The number of hydrogen-bond acceptors (Lipinski definition) is 2. The van der Waals surface area contributed by atoms with Crippen molar-refractivity contribution in [1.29, 1.82) is 0 Å². The normalized spacial score (nSPS) is 13.5. The molecular weight excluding hydrogens is 336 g/mol. The van der Waals surface area contributed by atoms with Gasteiger partial charge in [0.2, 0.25) is 5.91 Å². The maximum Gasteiger partial charge on any atom is 0.269 e. The van der Waals surface area contributed by atoms with E-state index < -0.39 is 5.54 Å². The fourth-order valence-electron chi connectivity index (χ4n) is 3.06. The van der Waals surface area contributed by atoms with Crippen LogP contribution in [0.5, 0.6) is 0 Å². The van der Waals surface area contributed by atoms with Crippen LogP contribution in [0, 0.1) is 5.92 Å². The van der Waals surface area contributed by atoms with Crippen molar-refractivity contribution in [2.24, 2.45) is 5.92 Å². The van der Waals surface area contributed by atoms with Crippen molar-refractivity contribution in [3.05, 3.63) is 71.8 Å². The smallest absolute Gasteiger partial charge is 0.269 e. The zero-order chi connectivity index (χ0) is 20.0. The molecule has 0 spiro atoms. The van der Waals surface area contributed by atoms with Crippen LogP contribution in [-0.4, -0.2) is 22.4 Å². The van der Waals surface area contributed by atoms with Gasteiger partial charge in [0.05, 0.1) is 11.5 Å². The summed E-state index contributed by atoms with van der Waals surface area (Å²) in [6, 6.07) is 18.8. The monoisotopic (exact) mass is 366 g/mol. The summed E-state index contributed by atoms with van der Waals surface area (Å²) in [5.41, 5.74) is 3.79. The summed E-state index contributed by atoms with van der Waals surface area (Å²) in [6.45, 7) is 9.94. The van der Waals surface area contributed by atoms with Crippen molar-refractivity contribution in [3.63, 3.8) is 0 Å². The summed E-state index contributed by atoms with van der Waals surface area (Å²) in [7, 11) is 0. The van der Waals surface area contributed by atoms with Crippen molar-refractivity contribution in [2.45, 2.75) is 52.5 Å². The molecule has 2 aromatic carbocycles. The molecule has 2 atom stereocenters. The van der Waals surface area contributed by atoms with E-state index in [-0.39, 0.29) is 23.7 Å². The Morgan fingerprint density at radius 3 is 1.96 bits per heavy atom. The van der Waals surface area contributed by atoms with Gasteiger partial charge in [0.15, 0.2) is 0 Å². The molecular formula is C23H30N2O2. The van der Waals surface area contributed by atoms with E-state index >= 15 is 0 Å². The number of carbonyl (C=O) groups is 2. The first kappa shape index (κ1) is 20.7. The van der Waals surface area contributed by atoms with Crippen molar-refractivity contribution in [1.82, 2.24) is 10.4 Å². The van der Waals surface area contributed by atoms with E-state index in [0.717, 1.165) is 12.0 Å². The van der Waals surface area contributed by atoms with E-state index in [1.807, 2.05) is 69.3 Å². The van der Waals surface area contributed by atoms with E-state index in [2.05, 4.69) is 19.3 Å². The molecule has 0 aliphatic carbocycles. The third-order valence-corrected chi connectivity index (χ3v) is 4.78. The van der Waals surface area contributed by atoms with Gasteiger partial charge in [-0.05, 0) is 44.4 Å². The topological polar surface area (TPSA) is 49.4 Å². The molecule has 2 rings (SSSR count). The van der Waals surface area contributed by atoms with Crippen molar-refractivity contribution in [3.8, 4) is 0 Å². The SMILES string of the molecule is CCC(C)C(C(=O)N(NC(=O)c1ccccc1)C(C)(C)C)c1ccccc1. The van der Waals surface area contributed by atoms with Gasteiger partial charge in [-0.3, -0.25) is 15.0 Å². The summed E-state index contributed by atoms with van der Waals surface area (Å²) in [6.07, 6.45) is 0.871. The van der Waals surface area contributed by atoms with Crippen LogP contribution in [0.1, 0.15) is 62.9 Å². The van der Waals surface area contributed by atoms with Crippen molar-refractivity contribution in [2.75, 3.05) is 0 Å². The highest BCUT2D eigenvalue weighted by Gasteiger charge is 2.36. The zero-order valence-corrected chi connectivity index (χ0v) is 16.9. The van der Waals surface area contributed by atoms with Gasteiger partial charge in [-0.2, -0.15) is 0 Å². The summed E-state index contributed by atoms with van der Waals surface area (Å²) in [5.74, 6) is -0.535. The molecule has 0 saturated heterocycles. The summed E-state index contributed by atoms with van der Waals surface area (Å²) in [4.78, 5) is 26.3. The Balaban J connectivity index is 2.36. The lowest BCUT2D eigenvalue weighted by Crippen LogP contribution is -2.57. The highest BCUT2D eigenvalue weighted by molar-refractivity contribution is 5.96. The van der Waals surface area contributed by atoms with E-state index in [4.69, 9.17) is 0 Å². The molecule has 2 amide bonds. The molecule has 0 saturated carbocycles. The molecule has 144 valence electrons. The predicted octanol–water partition coefficient (Wildman–Crippen LogP) is 4.79. The van der Waals surface area contributed by atoms with Gasteiger partial charge in [-0.25, -0.2) is 5.01 Å². The lowest BCUT2D eigenvalue weighted by molar-refractivity contribution is -0.142. The average molecular weight is 367 g/mol. The van der Waals surface area contributed by atoms with Gasteiger partial charge in [-0.15, -0.1) is 0 Å². The quantitative estimate of drug-likeness (QED) is 0.774. The second-order valence-electron chi connectivity index (χ2n) is 7.93. The number of hydrazine groups is 1. The van der Waals surface area contributed by atoms with E-state index in [9.17, 15) is 9.59 Å². The molecule has 1 N–H and O–H groups in total. The first-order valence-corrected chi connectivity index (χ1v) is 9.50. The van der Waals surface area contributed by atoms with E-state index in [0.29, 0.717) is 5.56 Å². The summed E-state index contributed by atoms with van der Waals surface area (Å²) < 4.78 is 0. The van der Waals surface area contributed by atoms with Crippen LogP contribution in [0.15, 0.2) is 60.7 Å². The van der Waals surface area contributed by atoms with Crippen LogP contribution < -0.4 is 5.43 Å². The predicted molar refractivity (Wildman–Crippen MR) is 109 cm³/mol. The molecule has 2 aromatic rings. The second-order valence-corrected chi connectivity index (χ2v) is 7.93. The van der Waals surface area contributed by atoms with Crippen LogP contribution in [0.4, 0.5) is 0 Å². The van der Waals surface area contributed by atoms with E-state index in [1.54, 1.807) is 12.1 Å². The van der Waals surface area contributed by atoms with Gasteiger partial charge in [-0.1, -0.05) is 68.8 Å². The molecule has 0 aliphatic rings. The fourth-order valence-corrected chi connectivity index (χ4v) is 3.06. The van der Waals surface area contributed by atoms with Crippen LogP contribution in [0.2, 0.25) is 0 Å². The lowest BCUT2D eigenvalue weighted by Gasteiger charge is -2.39. The number of nitrogens with zero attached hydrogens (tertiary/aromatic N) is 1. The number of rotatable bonds is 5. The minimum absolute atomic E-state index is 0.0904. The van der Waals surface area contributed by atoms with Gasteiger partial charge in [0.25, 0.3) is 5.91 Å². The summed E-state index contributed by atoms with van der Waals surface area (Å²) >= 11 is 0. The third-order valence-electron chi connectivity index (χ3n) is 4.78. The number of hydrogen-bond donors (Lipinski definition) is 1. The Bertz CT molecular complexity index is 751. The van der Waals surface area contributed by atoms with Crippen LogP contribution >= 0.6 is 0 Å². The Hall–Kier alpha value is -2.62. The number of nitrogens with one attached hydrogen (secondary N) is 1. The zero-order valence-electron chi connectivity index (χ0n) is 16.9. The van der Waals surface area contributed by atoms with Gasteiger partial charge >= 0.3 is 0 Å².